The number of esters is 1. The molecule has 2 rings (SSSR count). The van der Waals surface area contributed by atoms with Crippen molar-refractivity contribution in [2.24, 2.45) is 0 Å². The Labute approximate surface area is 123 Å². The Hall–Kier alpha value is -2.83. The highest BCUT2D eigenvalue weighted by molar-refractivity contribution is 6.04. The Morgan fingerprint density at radius 2 is 1.45 bits per heavy atom. The van der Waals surface area contributed by atoms with Gasteiger partial charge < -0.3 is 10.1 Å². The molecule has 7 heteroatoms. The van der Waals surface area contributed by atoms with E-state index in [-0.39, 0.29) is 11.1 Å². The van der Waals surface area contributed by atoms with Gasteiger partial charge in [0.25, 0.3) is 5.91 Å². The zero-order valence-corrected chi connectivity index (χ0v) is 11.3. The molecule has 0 aliphatic rings. The predicted molar refractivity (Wildman–Crippen MR) is 72.1 cm³/mol. The second-order valence-corrected chi connectivity index (χ2v) is 4.27. The summed E-state index contributed by atoms with van der Waals surface area (Å²) in [5.74, 6) is -5.03. The van der Waals surface area contributed by atoms with E-state index in [0.717, 1.165) is 0 Å². The van der Waals surface area contributed by atoms with E-state index in [4.69, 9.17) is 0 Å². The molecule has 0 bridgehead atoms. The molecule has 0 spiro atoms. The summed E-state index contributed by atoms with van der Waals surface area (Å²) in [5.41, 5.74) is -0.143. The zero-order valence-electron chi connectivity index (χ0n) is 11.3. The number of methoxy groups -OCH3 is 1. The number of carbonyl (C=O) groups is 2. The number of nitrogens with one attached hydrogen (secondary N) is 1. The van der Waals surface area contributed by atoms with Gasteiger partial charge in [-0.3, -0.25) is 4.79 Å². The summed E-state index contributed by atoms with van der Waals surface area (Å²) in [4.78, 5) is 23.2. The van der Waals surface area contributed by atoms with Gasteiger partial charge in [0, 0.05) is 17.7 Å². The quantitative estimate of drug-likeness (QED) is 0.700. The number of amides is 1. The average Bonchev–Trinajstić information content (AvgIpc) is 2.52. The monoisotopic (exact) mass is 309 g/mol. The largest absolute Gasteiger partial charge is 0.465 e. The van der Waals surface area contributed by atoms with Crippen LogP contribution in [0.5, 0.6) is 0 Å². The SMILES string of the molecule is COC(=O)c1ccc(C(=O)Nc2cc(F)c(F)cc2F)cc1. The third-order valence-electron chi connectivity index (χ3n) is 2.83. The maximum Gasteiger partial charge on any atom is 0.337 e. The molecule has 0 fully saturated rings. The molecule has 4 nitrogen and oxygen atoms in total. The summed E-state index contributed by atoms with van der Waals surface area (Å²) in [6.07, 6.45) is 0. The highest BCUT2D eigenvalue weighted by Gasteiger charge is 2.14. The topological polar surface area (TPSA) is 55.4 Å². The van der Waals surface area contributed by atoms with E-state index < -0.39 is 35.0 Å². The number of benzene rings is 2. The van der Waals surface area contributed by atoms with Crippen LogP contribution >= 0.6 is 0 Å². The third-order valence-corrected chi connectivity index (χ3v) is 2.83. The molecule has 2 aromatic carbocycles. The molecule has 114 valence electrons. The number of carbonyl (C=O) groups excluding carboxylic acids is 2. The van der Waals surface area contributed by atoms with E-state index in [9.17, 15) is 22.8 Å². The van der Waals surface area contributed by atoms with Gasteiger partial charge >= 0.3 is 5.97 Å². The molecule has 1 N–H and O–H groups in total. The van der Waals surface area contributed by atoms with Gasteiger partial charge in [-0.25, -0.2) is 18.0 Å². The Kier molecular flexibility index (Phi) is 4.45. The van der Waals surface area contributed by atoms with Crippen molar-refractivity contribution in [2.45, 2.75) is 0 Å². The molecule has 0 atom stereocenters. The smallest absolute Gasteiger partial charge is 0.337 e. The zero-order chi connectivity index (χ0) is 16.3. The summed E-state index contributed by atoms with van der Waals surface area (Å²) in [7, 11) is 1.22. The second-order valence-electron chi connectivity index (χ2n) is 4.27. The van der Waals surface area contributed by atoms with E-state index in [1.165, 1.54) is 31.4 Å². The normalized spacial score (nSPS) is 10.2. The van der Waals surface area contributed by atoms with Gasteiger partial charge in [-0.15, -0.1) is 0 Å². The number of hydrogen-bond acceptors (Lipinski definition) is 3. The van der Waals surface area contributed by atoms with Crippen molar-refractivity contribution >= 4 is 17.6 Å². The molecule has 0 radical (unpaired) electrons. The fourth-order valence-electron chi connectivity index (χ4n) is 1.69. The van der Waals surface area contributed by atoms with Gasteiger partial charge in [0.15, 0.2) is 11.6 Å². The van der Waals surface area contributed by atoms with Gasteiger partial charge in [-0.05, 0) is 24.3 Å². The molecule has 22 heavy (non-hydrogen) atoms. The number of ether oxygens (including phenoxy) is 1. The van der Waals surface area contributed by atoms with Gasteiger partial charge in [0.1, 0.15) is 5.82 Å². The number of anilines is 1. The summed E-state index contributed by atoms with van der Waals surface area (Å²) < 4.78 is 43.8. The fraction of sp³-hybridized carbons (Fsp3) is 0.0667. The van der Waals surface area contributed by atoms with Crippen LogP contribution in [0.1, 0.15) is 20.7 Å². The highest BCUT2D eigenvalue weighted by atomic mass is 19.2. The predicted octanol–water partition coefficient (Wildman–Crippen LogP) is 3.14. The summed E-state index contributed by atoms with van der Waals surface area (Å²) in [6.45, 7) is 0. The van der Waals surface area contributed by atoms with Crippen molar-refractivity contribution in [3.63, 3.8) is 0 Å². The maximum atomic E-state index is 13.4. The van der Waals surface area contributed by atoms with Crippen molar-refractivity contribution in [3.8, 4) is 0 Å². The van der Waals surface area contributed by atoms with E-state index in [1.54, 1.807) is 0 Å². The first kappa shape index (κ1) is 15.6. The van der Waals surface area contributed by atoms with Crippen molar-refractivity contribution in [1.82, 2.24) is 0 Å². The van der Waals surface area contributed by atoms with Crippen LogP contribution in [0.25, 0.3) is 0 Å². The maximum absolute atomic E-state index is 13.4. The summed E-state index contributed by atoms with van der Waals surface area (Å²) in [5, 5.41) is 2.12. The van der Waals surface area contributed by atoms with Crippen LogP contribution in [-0.2, 0) is 4.74 Å². The van der Waals surface area contributed by atoms with Crippen molar-refractivity contribution in [3.05, 3.63) is 65.0 Å². The lowest BCUT2D eigenvalue weighted by Gasteiger charge is -2.07. The number of hydrogen-bond donors (Lipinski definition) is 1. The van der Waals surface area contributed by atoms with E-state index in [1.807, 2.05) is 0 Å². The first-order valence-electron chi connectivity index (χ1n) is 6.06. The minimum absolute atomic E-state index is 0.108. The van der Waals surface area contributed by atoms with E-state index >= 15 is 0 Å². The van der Waals surface area contributed by atoms with Crippen LogP contribution in [0.2, 0.25) is 0 Å². The van der Waals surface area contributed by atoms with Gasteiger partial charge in [-0.1, -0.05) is 0 Å². The second kappa shape index (κ2) is 6.30. The minimum atomic E-state index is -1.35. The van der Waals surface area contributed by atoms with Crippen LogP contribution in [0.15, 0.2) is 36.4 Å². The number of halogens is 3. The van der Waals surface area contributed by atoms with Gasteiger partial charge in [0.05, 0.1) is 18.4 Å². The molecular formula is C15H10F3NO3. The van der Waals surface area contributed by atoms with Crippen molar-refractivity contribution < 1.29 is 27.5 Å². The van der Waals surface area contributed by atoms with Gasteiger partial charge in [0.2, 0.25) is 0 Å². The van der Waals surface area contributed by atoms with E-state index in [0.29, 0.717) is 12.1 Å². The van der Waals surface area contributed by atoms with Crippen LogP contribution in [0, 0.1) is 17.5 Å². The molecule has 0 aliphatic heterocycles. The Morgan fingerprint density at radius 3 is 2.05 bits per heavy atom. The molecule has 0 aliphatic carbocycles. The first-order chi connectivity index (χ1) is 10.4. The fourth-order valence-corrected chi connectivity index (χ4v) is 1.69. The molecule has 0 unspecified atom stereocenters. The summed E-state index contributed by atoms with van der Waals surface area (Å²) in [6, 6.07) is 6.22. The van der Waals surface area contributed by atoms with Crippen molar-refractivity contribution in [2.75, 3.05) is 12.4 Å². The highest BCUT2D eigenvalue weighted by Crippen LogP contribution is 2.19. The number of rotatable bonds is 3. The van der Waals surface area contributed by atoms with Crippen LogP contribution in [0.4, 0.5) is 18.9 Å². The molecule has 0 aromatic heterocycles. The van der Waals surface area contributed by atoms with Crippen LogP contribution in [0.3, 0.4) is 0 Å². The Balaban J connectivity index is 2.19. The lowest BCUT2D eigenvalue weighted by molar-refractivity contribution is 0.0600. The molecule has 0 heterocycles. The summed E-state index contributed by atoms with van der Waals surface area (Å²) >= 11 is 0. The lowest BCUT2D eigenvalue weighted by Crippen LogP contribution is -2.14. The molecular weight excluding hydrogens is 299 g/mol. The minimum Gasteiger partial charge on any atom is -0.465 e. The first-order valence-corrected chi connectivity index (χ1v) is 6.06. The van der Waals surface area contributed by atoms with Gasteiger partial charge in [-0.2, -0.15) is 0 Å². The average molecular weight is 309 g/mol. The Morgan fingerprint density at radius 1 is 0.909 bits per heavy atom. The molecule has 2 aromatic rings. The van der Waals surface area contributed by atoms with Crippen LogP contribution < -0.4 is 5.32 Å². The standard InChI is InChI=1S/C15H10F3NO3/c1-22-15(21)9-4-2-8(3-5-9)14(20)19-13-7-11(17)10(16)6-12(13)18/h2-7H,1H3,(H,19,20). The Bertz CT molecular complexity index is 730. The molecule has 1 amide bonds. The lowest BCUT2D eigenvalue weighted by atomic mass is 10.1. The molecule has 0 saturated carbocycles. The third kappa shape index (κ3) is 3.25. The van der Waals surface area contributed by atoms with Crippen molar-refractivity contribution in [1.29, 1.82) is 0 Å². The van der Waals surface area contributed by atoms with Crippen LogP contribution in [-0.4, -0.2) is 19.0 Å². The molecule has 0 saturated heterocycles. The van der Waals surface area contributed by atoms with E-state index in [2.05, 4.69) is 10.1 Å².